The van der Waals surface area contributed by atoms with Crippen LogP contribution in [0.3, 0.4) is 0 Å². The average Bonchev–Trinajstić information content (AvgIpc) is 3.20. The van der Waals surface area contributed by atoms with Gasteiger partial charge in [0.1, 0.15) is 11.0 Å². The van der Waals surface area contributed by atoms with Gasteiger partial charge in [0.05, 0.1) is 5.71 Å². The quantitative estimate of drug-likeness (QED) is 0.365. The minimum atomic E-state index is -4.80. The van der Waals surface area contributed by atoms with Crippen LogP contribution in [0.15, 0.2) is 59.8 Å². The Balaban J connectivity index is 1.60. The maximum atomic E-state index is 14.2. The van der Waals surface area contributed by atoms with Gasteiger partial charge < -0.3 is 10.2 Å². The van der Waals surface area contributed by atoms with Crippen molar-refractivity contribution in [3.63, 3.8) is 0 Å². The van der Waals surface area contributed by atoms with E-state index in [-0.39, 0.29) is 32.3 Å². The molecular formula is C23H15Cl3F3N3O2. The van der Waals surface area contributed by atoms with Crippen molar-refractivity contribution in [3.05, 3.63) is 92.0 Å². The van der Waals surface area contributed by atoms with E-state index in [1.165, 1.54) is 18.2 Å². The number of oxime groups is 1. The minimum Gasteiger partial charge on any atom is -0.374 e. The molecule has 0 fully saturated rings. The number of carbonyl (C=O) groups excluding carboxylic acids is 1. The van der Waals surface area contributed by atoms with Crippen molar-refractivity contribution in [2.75, 3.05) is 5.32 Å². The molecule has 2 aromatic carbocycles. The predicted molar refractivity (Wildman–Crippen MR) is 125 cm³/mol. The van der Waals surface area contributed by atoms with E-state index in [4.69, 9.17) is 39.6 Å². The lowest BCUT2D eigenvalue weighted by Gasteiger charge is -2.29. The summed E-state index contributed by atoms with van der Waals surface area (Å²) < 4.78 is 42.6. The van der Waals surface area contributed by atoms with Crippen LogP contribution in [0.5, 0.6) is 0 Å². The van der Waals surface area contributed by atoms with E-state index in [1.807, 2.05) is 0 Å². The zero-order chi connectivity index (χ0) is 24.7. The van der Waals surface area contributed by atoms with E-state index in [9.17, 15) is 18.0 Å². The molecule has 34 heavy (non-hydrogen) atoms. The Morgan fingerprint density at radius 3 is 2.38 bits per heavy atom. The molecule has 0 spiro atoms. The second kappa shape index (κ2) is 9.09. The Hall–Kier alpha value is -2.81. The number of pyridine rings is 1. The monoisotopic (exact) mass is 527 g/mol. The first-order valence-electron chi connectivity index (χ1n) is 9.82. The number of hydrogen-bond acceptors (Lipinski definition) is 4. The van der Waals surface area contributed by atoms with Crippen LogP contribution in [-0.2, 0) is 10.4 Å². The summed E-state index contributed by atoms with van der Waals surface area (Å²) in [7, 11) is 0. The van der Waals surface area contributed by atoms with E-state index >= 15 is 0 Å². The normalized spacial score (nSPS) is 17.8. The zero-order valence-corrected chi connectivity index (χ0v) is 19.6. The maximum Gasteiger partial charge on any atom is 0.435 e. The molecule has 11 heteroatoms. The predicted octanol–water partition coefficient (Wildman–Crippen LogP) is 7.18. The summed E-state index contributed by atoms with van der Waals surface area (Å²) in [6, 6.07) is 13.0. The number of rotatable bonds is 4. The van der Waals surface area contributed by atoms with Gasteiger partial charge in [-0.15, -0.1) is 0 Å². The van der Waals surface area contributed by atoms with Gasteiger partial charge in [0.15, 0.2) is 0 Å². The van der Waals surface area contributed by atoms with Gasteiger partial charge >= 0.3 is 6.18 Å². The topological polar surface area (TPSA) is 63.6 Å². The molecule has 1 atom stereocenters. The number of nitrogens with one attached hydrogen (secondary N) is 1. The average molecular weight is 529 g/mol. The fourth-order valence-corrected chi connectivity index (χ4v) is 4.29. The molecule has 2 heterocycles. The van der Waals surface area contributed by atoms with Gasteiger partial charge in [-0.3, -0.25) is 4.79 Å². The molecule has 1 amide bonds. The Morgan fingerprint density at radius 2 is 1.76 bits per heavy atom. The second-order valence-corrected chi connectivity index (χ2v) is 8.88. The van der Waals surface area contributed by atoms with Crippen molar-refractivity contribution in [1.29, 1.82) is 0 Å². The first-order valence-corrected chi connectivity index (χ1v) is 11.0. The smallest absolute Gasteiger partial charge is 0.374 e. The summed E-state index contributed by atoms with van der Waals surface area (Å²) in [6.45, 7) is 1.66. The largest absolute Gasteiger partial charge is 0.435 e. The molecular weight excluding hydrogens is 514 g/mol. The van der Waals surface area contributed by atoms with Crippen LogP contribution in [0.25, 0.3) is 0 Å². The van der Waals surface area contributed by atoms with Crippen molar-refractivity contribution in [2.24, 2.45) is 5.16 Å². The molecule has 0 bridgehead atoms. The molecule has 0 aliphatic carbocycles. The Morgan fingerprint density at radius 1 is 1.06 bits per heavy atom. The highest BCUT2D eigenvalue weighted by Gasteiger charge is 2.62. The van der Waals surface area contributed by atoms with Crippen molar-refractivity contribution >= 4 is 52.2 Å². The molecule has 1 aliphatic rings. The van der Waals surface area contributed by atoms with E-state index in [0.717, 1.165) is 12.1 Å². The van der Waals surface area contributed by atoms with Crippen LogP contribution in [0.2, 0.25) is 15.2 Å². The third-order valence-electron chi connectivity index (χ3n) is 5.28. The molecule has 1 N–H and O–H groups in total. The molecule has 5 nitrogen and oxygen atoms in total. The van der Waals surface area contributed by atoms with Gasteiger partial charge in [-0.1, -0.05) is 52.1 Å². The molecule has 3 aromatic rings. The van der Waals surface area contributed by atoms with Crippen molar-refractivity contribution in [1.82, 2.24) is 4.98 Å². The number of amides is 1. The van der Waals surface area contributed by atoms with E-state index in [0.29, 0.717) is 16.7 Å². The van der Waals surface area contributed by atoms with Gasteiger partial charge in [0.25, 0.3) is 11.5 Å². The number of benzene rings is 2. The summed E-state index contributed by atoms with van der Waals surface area (Å²) in [6.07, 6.45) is -5.39. The molecule has 0 radical (unpaired) electrons. The number of nitrogens with zero attached hydrogens (tertiary/aromatic N) is 2. The molecule has 0 saturated heterocycles. The van der Waals surface area contributed by atoms with Crippen LogP contribution >= 0.6 is 34.8 Å². The zero-order valence-electron chi connectivity index (χ0n) is 17.4. The number of aryl methyl sites for hydroxylation is 1. The fourth-order valence-electron chi connectivity index (χ4n) is 3.61. The van der Waals surface area contributed by atoms with Gasteiger partial charge in [0.2, 0.25) is 0 Å². The van der Waals surface area contributed by atoms with Crippen LogP contribution in [0, 0.1) is 6.92 Å². The first-order chi connectivity index (χ1) is 16.0. The van der Waals surface area contributed by atoms with Crippen molar-refractivity contribution in [2.45, 2.75) is 25.1 Å². The first kappa shape index (κ1) is 24.3. The van der Waals surface area contributed by atoms with Crippen LogP contribution in [-0.4, -0.2) is 22.8 Å². The number of halogens is 6. The van der Waals surface area contributed by atoms with E-state index in [1.54, 1.807) is 31.2 Å². The summed E-state index contributed by atoms with van der Waals surface area (Å²) in [4.78, 5) is 21.7. The van der Waals surface area contributed by atoms with Crippen LogP contribution in [0.1, 0.15) is 33.5 Å². The van der Waals surface area contributed by atoms with Crippen LogP contribution < -0.4 is 5.32 Å². The number of aromatic nitrogens is 1. The highest BCUT2D eigenvalue weighted by Crippen LogP contribution is 2.49. The summed E-state index contributed by atoms with van der Waals surface area (Å²) in [5.41, 5.74) is -1.70. The number of alkyl halides is 3. The summed E-state index contributed by atoms with van der Waals surface area (Å²) in [5.74, 6) is -0.175. The highest BCUT2D eigenvalue weighted by molar-refractivity contribution is 6.34. The lowest BCUT2D eigenvalue weighted by Crippen LogP contribution is -2.42. The highest BCUT2D eigenvalue weighted by atomic mass is 35.5. The molecule has 1 unspecified atom stereocenters. The SMILES string of the molecule is Cc1cc(C2=NOC(c3cc(Cl)cc(Cl)c3)(C(F)(F)F)C2)ccc1C(=O)Nc1cccc(Cl)n1. The number of anilines is 1. The van der Waals surface area contributed by atoms with E-state index in [2.05, 4.69) is 15.5 Å². The molecule has 176 valence electrons. The number of carbonyl (C=O) groups is 1. The van der Waals surface area contributed by atoms with Gasteiger partial charge in [-0.2, -0.15) is 13.2 Å². The molecule has 0 saturated carbocycles. The molecule has 1 aromatic heterocycles. The van der Waals surface area contributed by atoms with Crippen LogP contribution in [0.4, 0.5) is 19.0 Å². The fraction of sp³-hybridized carbons (Fsp3) is 0.174. The Labute approximate surface area is 207 Å². The summed E-state index contributed by atoms with van der Waals surface area (Å²) in [5, 5.41) is 6.68. The van der Waals surface area contributed by atoms with Gasteiger partial charge in [0, 0.05) is 27.6 Å². The second-order valence-electron chi connectivity index (χ2n) is 7.62. The van der Waals surface area contributed by atoms with Gasteiger partial charge in [-0.05, 0) is 60.5 Å². The minimum absolute atomic E-state index is 0.0450. The Bertz CT molecular complexity index is 1290. The number of hydrogen-bond donors (Lipinski definition) is 1. The Kier molecular flexibility index (Phi) is 6.50. The third-order valence-corrected chi connectivity index (χ3v) is 5.92. The van der Waals surface area contributed by atoms with Gasteiger partial charge in [-0.25, -0.2) is 4.98 Å². The van der Waals surface area contributed by atoms with Crippen molar-refractivity contribution in [3.8, 4) is 0 Å². The maximum absolute atomic E-state index is 14.2. The third kappa shape index (κ3) is 4.71. The molecule has 1 aliphatic heterocycles. The lowest BCUT2D eigenvalue weighted by molar-refractivity contribution is -0.275. The lowest BCUT2D eigenvalue weighted by atomic mass is 9.86. The van der Waals surface area contributed by atoms with Crippen molar-refractivity contribution < 1.29 is 22.8 Å². The molecule has 4 rings (SSSR count). The standard InChI is InChI=1S/C23H15Cl3F3N3O2/c1-12-7-13(5-6-17(12)21(33)31-20-4-2-3-19(26)30-20)18-11-22(34-32-18,23(27,28)29)14-8-15(24)10-16(25)9-14/h2-10H,11H2,1H3,(H,30,31,33). The summed E-state index contributed by atoms with van der Waals surface area (Å²) >= 11 is 17.7. The van der Waals surface area contributed by atoms with E-state index < -0.39 is 24.1 Å².